The Morgan fingerprint density at radius 3 is 2.93 bits per heavy atom. The van der Waals surface area contributed by atoms with Crippen molar-refractivity contribution in [3.8, 4) is 0 Å². The fraction of sp³-hybridized carbons (Fsp3) is 0.300. The highest BCUT2D eigenvalue weighted by Gasteiger charge is 2.34. The average molecular weight is 195 g/mol. The molecule has 4 heteroatoms. The van der Waals surface area contributed by atoms with Gasteiger partial charge < -0.3 is 10.8 Å². The van der Waals surface area contributed by atoms with Crippen molar-refractivity contribution in [2.75, 3.05) is 0 Å². The van der Waals surface area contributed by atoms with E-state index in [9.17, 15) is 9.18 Å². The molecular weight excluding hydrogens is 185 g/mol. The summed E-state index contributed by atoms with van der Waals surface area (Å²) in [5.74, 6) is -1.91. The first-order chi connectivity index (χ1) is 6.59. The monoisotopic (exact) mass is 195 g/mol. The third-order valence-electron chi connectivity index (χ3n) is 2.66. The van der Waals surface area contributed by atoms with Crippen molar-refractivity contribution < 1.29 is 14.3 Å². The van der Waals surface area contributed by atoms with Gasteiger partial charge in [0.25, 0.3) is 0 Å². The third kappa shape index (κ3) is 1.28. The first-order valence-electron chi connectivity index (χ1n) is 4.36. The molecule has 2 atom stereocenters. The van der Waals surface area contributed by atoms with Crippen LogP contribution < -0.4 is 5.73 Å². The van der Waals surface area contributed by atoms with Crippen molar-refractivity contribution in [2.24, 2.45) is 11.7 Å². The molecule has 0 aliphatic heterocycles. The van der Waals surface area contributed by atoms with Crippen LogP contribution in [-0.2, 0) is 11.2 Å². The zero-order valence-electron chi connectivity index (χ0n) is 7.40. The highest BCUT2D eigenvalue weighted by atomic mass is 19.1. The van der Waals surface area contributed by atoms with Gasteiger partial charge in [-0.05, 0) is 29.7 Å². The van der Waals surface area contributed by atoms with Gasteiger partial charge in [0, 0.05) is 6.04 Å². The Hall–Kier alpha value is -1.42. The second-order valence-electron chi connectivity index (χ2n) is 3.52. The minimum Gasteiger partial charge on any atom is -0.481 e. The lowest BCUT2D eigenvalue weighted by Crippen LogP contribution is -2.24. The molecule has 0 amide bonds. The molecule has 0 saturated carbocycles. The number of rotatable bonds is 1. The Balaban J connectivity index is 2.41. The molecule has 74 valence electrons. The van der Waals surface area contributed by atoms with E-state index < -0.39 is 17.9 Å². The molecule has 0 saturated heterocycles. The molecule has 1 aliphatic rings. The second-order valence-corrected chi connectivity index (χ2v) is 3.52. The summed E-state index contributed by atoms with van der Waals surface area (Å²) in [6, 6.07) is 3.67. The van der Waals surface area contributed by atoms with Crippen LogP contribution in [0.3, 0.4) is 0 Å². The van der Waals surface area contributed by atoms with Crippen molar-refractivity contribution in [2.45, 2.75) is 12.5 Å². The van der Waals surface area contributed by atoms with Crippen molar-refractivity contribution >= 4 is 5.97 Å². The van der Waals surface area contributed by atoms with Gasteiger partial charge in [-0.3, -0.25) is 4.79 Å². The molecule has 14 heavy (non-hydrogen) atoms. The minimum atomic E-state index is -0.922. The quantitative estimate of drug-likeness (QED) is 0.704. The van der Waals surface area contributed by atoms with Crippen LogP contribution in [0.1, 0.15) is 17.2 Å². The van der Waals surface area contributed by atoms with Crippen LogP contribution in [0.25, 0.3) is 0 Å². The number of carboxylic acid groups (broad SMARTS) is 1. The number of nitrogens with two attached hydrogens (primary N) is 1. The van der Waals surface area contributed by atoms with Gasteiger partial charge in [-0.1, -0.05) is 6.07 Å². The summed E-state index contributed by atoms with van der Waals surface area (Å²) >= 11 is 0. The number of hydrogen-bond donors (Lipinski definition) is 2. The van der Waals surface area contributed by atoms with Crippen LogP contribution in [-0.4, -0.2) is 11.1 Å². The topological polar surface area (TPSA) is 63.3 Å². The molecule has 3 N–H and O–H groups in total. The molecule has 1 aromatic carbocycles. The summed E-state index contributed by atoms with van der Waals surface area (Å²) in [5.41, 5.74) is 7.17. The van der Waals surface area contributed by atoms with E-state index in [1.165, 1.54) is 12.1 Å². The largest absolute Gasteiger partial charge is 0.481 e. The van der Waals surface area contributed by atoms with Crippen molar-refractivity contribution in [3.63, 3.8) is 0 Å². The van der Waals surface area contributed by atoms with E-state index in [-0.39, 0.29) is 5.82 Å². The maximum Gasteiger partial charge on any atom is 0.308 e. The van der Waals surface area contributed by atoms with E-state index in [4.69, 9.17) is 10.8 Å². The summed E-state index contributed by atoms with van der Waals surface area (Å²) in [7, 11) is 0. The van der Waals surface area contributed by atoms with Gasteiger partial charge in [0.15, 0.2) is 0 Å². The molecule has 0 spiro atoms. The summed E-state index contributed by atoms with van der Waals surface area (Å²) in [4.78, 5) is 10.8. The molecule has 0 radical (unpaired) electrons. The summed E-state index contributed by atoms with van der Waals surface area (Å²) < 4.78 is 12.9. The number of halogens is 1. The number of aliphatic carboxylic acids is 1. The molecular formula is C10H10FNO2. The molecule has 0 aromatic heterocycles. The first-order valence-corrected chi connectivity index (χ1v) is 4.36. The van der Waals surface area contributed by atoms with Crippen LogP contribution >= 0.6 is 0 Å². The Kier molecular flexibility index (Phi) is 2.00. The molecule has 2 rings (SSSR count). The van der Waals surface area contributed by atoms with Gasteiger partial charge in [0.05, 0.1) is 5.92 Å². The maximum absolute atomic E-state index is 12.9. The van der Waals surface area contributed by atoms with Crippen molar-refractivity contribution in [3.05, 3.63) is 35.1 Å². The number of benzene rings is 1. The normalized spacial score (nSPS) is 24.7. The molecule has 0 bridgehead atoms. The lowest BCUT2D eigenvalue weighted by atomic mass is 10.0. The molecule has 0 fully saturated rings. The van der Waals surface area contributed by atoms with Crippen molar-refractivity contribution in [1.82, 2.24) is 0 Å². The van der Waals surface area contributed by atoms with Crippen LogP contribution in [0.4, 0.5) is 4.39 Å². The SMILES string of the molecule is NC1c2cc(F)ccc2CC1C(=O)O. The molecule has 1 aliphatic carbocycles. The zero-order valence-corrected chi connectivity index (χ0v) is 7.40. The molecule has 1 aromatic rings. The Morgan fingerprint density at radius 2 is 2.29 bits per heavy atom. The predicted molar refractivity (Wildman–Crippen MR) is 48.2 cm³/mol. The minimum absolute atomic E-state index is 0.370. The Bertz CT molecular complexity index is 392. The van der Waals surface area contributed by atoms with E-state index in [2.05, 4.69) is 0 Å². The predicted octanol–water partition coefficient (Wildman–Crippen LogP) is 1.08. The van der Waals surface area contributed by atoms with Crippen LogP contribution in [0.5, 0.6) is 0 Å². The smallest absolute Gasteiger partial charge is 0.308 e. The van der Waals surface area contributed by atoms with Gasteiger partial charge in [0.2, 0.25) is 0 Å². The number of carbonyl (C=O) groups is 1. The molecule has 3 nitrogen and oxygen atoms in total. The number of carboxylic acids is 1. The summed E-state index contributed by atoms with van der Waals surface area (Å²) in [5, 5.41) is 8.85. The molecule has 0 heterocycles. The zero-order chi connectivity index (χ0) is 10.3. The number of hydrogen-bond acceptors (Lipinski definition) is 2. The van der Waals surface area contributed by atoms with E-state index >= 15 is 0 Å². The number of fused-ring (bicyclic) bond motifs is 1. The molecule has 2 unspecified atom stereocenters. The second kappa shape index (κ2) is 3.06. The Labute approximate surface area is 80.3 Å². The van der Waals surface area contributed by atoms with E-state index in [0.29, 0.717) is 12.0 Å². The van der Waals surface area contributed by atoms with Crippen LogP contribution in [0.15, 0.2) is 18.2 Å². The lowest BCUT2D eigenvalue weighted by molar-refractivity contribution is -0.142. The van der Waals surface area contributed by atoms with E-state index in [1.807, 2.05) is 0 Å². The highest BCUT2D eigenvalue weighted by molar-refractivity contribution is 5.73. The fourth-order valence-corrected chi connectivity index (χ4v) is 1.88. The fourth-order valence-electron chi connectivity index (χ4n) is 1.88. The first kappa shape index (κ1) is 9.15. The van der Waals surface area contributed by atoms with E-state index in [0.717, 1.165) is 5.56 Å². The summed E-state index contributed by atoms with van der Waals surface area (Å²) in [6.45, 7) is 0. The highest BCUT2D eigenvalue weighted by Crippen LogP contribution is 2.34. The van der Waals surface area contributed by atoms with Crippen molar-refractivity contribution in [1.29, 1.82) is 0 Å². The van der Waals surface area contributed by atoms with Gasteiger partial charge in [-0.25, -0.2) is 4.39 Å². The third-order valence-corrected chi connectivity index (χ3v) is 2.66. The van der Waals surface area contributed by atoms with Gasteiger partial charge in [-0.15, -0.1) is 0 Å². The Morgan fingerprint density at radius 1 is 1.57 bits per heavy atom. The standard InChI is InChI=1S/C10H10FNO2/c11-6-2-1-5-3-8(10(13)14)9(12)7(5)4-6/h1-2,4,8-9H,3,12H2,(H,13,14). The van der Waals surface area contributed by atoms with Crippen LogP contribution in [0.2, 0.25) is 0 Å². The van der Waals surface area contributed by atoms with Crippen LogP contribution in [0, 0.1) is 11.7 Å². The van der Waals surface area contributed by atoms with Gasteiger partial charge >= 0.3 is 5.97 Å². The van der Waals surface area contributed by atoms with Gasteiger partial charge in [-0.2, -0.15) is 0 Å². The lowest BCUT2D eigenvalue weighted by Gasteiger charge is -2.10. The van der Waals surface area contributed by atoms with E-state index in [1.54, 1.807) is 6.07 Å². The maximum atomic E-state index is 12.9. The summed E-state index contributed by atoms with van der Waals surface area (Å²) in [6.07, 6.45) is 0.395. The average Bonchev–Trinajstić information content (AvgIpc) is 2.44. The van der Waals surface area contributed by atoms with Gasteiger partial charge in [0.1, 0.15) is 5.82 Å².